The predicted octanol–water partition coefficient (Wildman–Crippen LogP) is 2.70. The van der Waals surface area contributed by atoms with Gasteiger partial charge in [-0.25, -0.2) is 0 Å². The van der Waals surface area contributed by atoms with Crippen LogP contribution < -0.4 is 0 Å². The summed E-state index contributed by atoms with van der Waals surface area (Å²) in [6, 6.07) is 5.44. The summed E-state index contributed by atoms with van der Waals surface area (Å²) in [5, 5.41) is 0. The first-order valence-electron chi connectivity index (χ1n) is 6.70. The largest absolute Gasteiger partial charge is 0.342 e. The summed E-state index contributed by atoms with van der Waals surface area (Å²) in [5.74, 6) is -0.166. The van der Waals surface area contributed by atoms with Crippen molar-refractivity contribution in [2.45, 2.75) is 20.8 Å². The van der Waals surface area contributed by atoms with Gasteiger partial charge < -0.3 is 9.80 Å². The molecule has 0 aliphatic carbocycles. The summed E-state index contributed by atoms with van der Waals surface area (Å²) in [7, 11) is 1.65. The van der Waals surface area contributed by atoms with Gasteiger partial charge in [0.1, 0.15) is 0 Å². The lowest BCUT2D eigenvalue weighted by Gasteiger charge is -2.23. The quantitative estimate of drug-likeness (QED) is 0.826. The van der Waals surface area contributed by atoms with Gasteiger partial charge in [0, 0.05) is 30.2 Å². The number of carbonyl (C=O) groups excluding carboxylic acids is 2. The highest BCUT2D eigenvalue weighted by Crippen LogP contribution is 2.17. The van der Waals surface area contributed by atoms with Crippen LogP contribution in [0.1, 0.15) is 29.8 Å². The highest BCUT2D eigenvalue weighted by Gasteiger charge is 2.18. The molecular weight excluding hydrogens is 320 g/mol. The Bertz CT molecular complexity index is 499. The fourth-order valence-electron chi connectivity index (χ4n) is 1.95. The SMILES string of the molecule is CCN(CC)C(=O)CN(C)C(=O)c1ccc(Br)c(C)c1. The predicted molar refractivity (Wildman–Crippen MR) is 83.8 cm³/mol. The Hall–Kier alpha value is -1.36. The van der Waals surface area contributed by atoms with Gasteiger partial charge in [0.25, 0.3) is 5.91 Å². The Balaban J connectivity index is 2.76. The number of aryl methyl sites for hydroxylation is 1. The zero-order valence-corrected chi connectivity index (χ0v) is 14.0. The van der Waals surface area contributed by atoms with Crippen molar-refractivity contribution >= 4 is 27.7 Å². The van der Waals surface area contributed by atoms with Gasteiger partial charge in [-0.1, -0.05) is 15.9 Å². The topological polar surface area (TPSA) is 40.6 Å². The summed E-state index contributed by atoms with van der Waals surface area (Å²) < 4.78 is 0.968. The van der Waals surface area contributed by atoms with Crippen molar-refractivity contribution in [2.75, 3.05) is 26.7 Å². The molecule has 0 saturated heterocycles. The average molecular weight is 341 g/mol. The van der Waals surface area contributed by atoms with Crippen LogP contribution in [0.5, 0.6) is 0 Å². The van der Waals surface area contributed by atoms with Crippen LogP contribution in [0.4, 0.5) is 0 Å². The third-order valence-electron chi connectivity index (χ3n) is 3.24. The number of amides is 2. The maximum atomic E-state index is 12.3. The molecule has 0 spiro atoms. The lowest BCUT2D eigenvalue weighted by atomic mass is 10.1. The van der Waals surface area contributed by atoms with E-state index in [1.807, 2.05) is 32.9 Å². The molecule has 0 radical (unpaired) electrons. The lowest BCUT2D eigenvalue weighted by molar-refractivity contribution is -0.131. The molecule has 0 aliphatic heterocycles. The smallest absolute Gasteiger partial charge is 0.254 e. The van der Waals surface area contributed by atoms with Gasteiger partial charge in [0.2, 0.25) is 5.91 Å². The van der Waals surface area contributed by atoms with Crippen LogP contribution >= 0.6 is 15.9 Å². The van der Waals surface area contributed by atoms with Crippen molar-refractivity contribution in [3.05, 3.63) is 33.8 Å². The molecular formula is C15H21BrN2O2. The van der Waals surface area contributed by atoms with E-state index >= 15 is 0 Å². The standard InChI is InChI=1S/C15H21BrN2O2/c1-5-18(6-2)14(19)10-17(4)15(20)12-7-8-13(16)11(3)9-12/h7-9H,5-6,10H2,1-4H3. The van der Waals surface area contributed by atoms with Crippen LogP contribution in [0, 0.1) is 6.92 Å². The van der Waals surface area contributed by atoms with E-state index in [0.717, 1.165) is 10.0 Å². The highest BCUT2D eigenvalue weighted by atomic mass is 79.9. The zero-order valence-electron chi connectivity index (χ0n) is 12.4. The van der Waals surface area contributed by atoms with E-state index in [1.165, 1.54) is 4.90 Å². The third-order valence-corrected chi connectivity index (χ3v) is 4.13. The minimum atomic E-state index is -0.138. The van der Waals surface area contributed by atoms with E-state index < -0.39 is 0 Å². The van der Waals surface area contributed by atoms with E-state index in [2.05, 4.69) is 15.9 Å². The molecule has 0 fully saturated rings. The van der Waals surface area contributed by atoms with Gasteiger partial charge in [0.05, 0.1) is 6.54 Å². The van der Waals surface area contributed by atoms with Crippen LogP contribution in [-0.2, 0) is 4.79 Å². The summed E-state index contributed by atoms with van der Waals surface area (Å²) >= 11 is 3.41. The molecule has 0 heterocycles. The van der Waals surface area contributed by atoms with E-state index in [4.69, 9.17) is 0 Å². The minimum Gasteiger partial charge on any atom is -0.342 e. The maximum absolute atomic E-state index is 12.3. The number of likely N-dealkylation sites (N-methyl/N-ethyl adjacent to an activating group) is 2. The van der Waals surface area contributed by atoms with Gasteiger partial charge in [-0.15, -0.1) is 0 Å². The van der Waals surface area contributed by atoms with Gasteiger partial charge in [-0.2, -0.15) is 0 Å². The molecule has 1 rings (SSSR count). The Morgan fingerprint density at radius 2 is 1.80 bits per heavy atom. The second-order valence-corrected chi connectivity index (χ2v) is 5.55. The average Bonchev–Trinajstić information content (AvgIpc) is 2.42. The van der Waals surface area contributed by atoms with Gasteiger partial charge >= 0.3 is 0 Å². The normalized spacial score (nSPS) is 10.2. The summed E-state index contributed by atoms with van der Waals surface area (Å²) in [4.78, 5) is 27.5. The second kappa shape index (κ2) is 7.43. The molecule has 0 N–H and O–H groups in total. The van der Waals surface area contributed by atoms with E-state index in [9.17, 15) is 9.59 Å². The van der Waals surface area contributed by atoms with Gasteiger partial charge in [0.15, 0.2) is 0 Å². The zero-order chi connectivity index (χ0) is 15.3. The maximum Gasteiger partial charge on any atom is 0.254 e. The van der Waals surface area contributed by atoms with Crippen molar-refractivity contribution < 1.29 is 9.59 Å². The number of nitrogens with zero attached hydrogens (tertiary/aromatic N) is 2. The van der Waals surface area contributed by atoms with Crippen molar-refractivity contribution in [1.82, 2.24) is 9.80 Å². The Labute approximate surface area is 128 Å². The highest BCUT2D eigenvalue weighted by molar-refractivity contribution is 9.10. The summed E-state index contributed by atoms with van der Waals surface area (Å²) in [6.45, 7) is 7.23. The first-order chi connectivity index (χ1) is 9.40. The fraction of sp³-hybridized carbons (Fsp3) is 0.467. The van der Waals surface area contributed by atoms with E-state index in [0.29, 0.717) is 18.7 Å². The molecule has 1 aromatic rings. The summed E-state index contributed by atoms with van der Waals surface area (Å²) in [5.41, 5.74) is 1.60. The molecule has 2 amide bonds. The molecule has 0 aliphatic rings. The third kappa shape index (κ3) is 4.07. The molecule has 5 heteroatoms. The van der Waals surface area contributed by atoms with Crippen LogP contribution in [0.2, 0.25) is 0 Å². The van der Waals surface area contributed by atoms with Crippen LogP contribution in [0.3, 0.4) is 0 Å². The first kappa shape index (κ1) is 16.7. The van der Waals surface area contributed by atoms with Crippen LogP contribution in [0.15, 0.2) is 22.7 Å². The van der Waals surface area contributed by atoms with Crippen molar-refractivity contribution in [2.24, 2.45) is 0 Å². The Kier molecular flexibility index (Phi) is 6.20. The molecule has 0 atom stereocenters. The number of hydrogen-bond donors (Lipinski definition) is 0. The lowest BCUT2D eigenvalue weighted by Crippen LogP contribution is -2.41. The number of carbonyl (C=O) groups is 2. The fourth-order valence-corrected chi connectivity index (χ4v) is 2.20. The molecule has 1 aromatic carbocycles. The monoisotopic (exact) mass is 340 g/mol. The van der Waals surface area contributed by atoms with Gasteiger partial charge in [-0.3, -0.25) is 9.59 Å². The molecule has 0 aromatic heterocycles. The second-order valence-electron chi connectivity index (χ2n) is 4.69. The van der Waals surface area contributed by atoms with E-state index in [1.54, 1.807) is 18.0 Å². The number of rotatable bonds is 5. The van der Waals surface area contributed by atoms with Crippen molar-refractivity contribution in [1.29, 1.82) is 0 Å². The molecule has 20 heavy (non-hydrogen) atoms. The number of benzene rings is 1. The first-order valence-corrected chi connectivity index (χ1v) is 7.49. The van der Waals surface area contributed by atoms with Crippen LogP contribution in [-0.4, -0.2) is 48.3 Å². The molecule has 4 nitrogen and oxygen atoms in total. The molecule has 0 saturated carbocycles. The molecule has 0 bridgehead atoms. The Morgan fingerprint density at radius 3 is 2.30 bits per heavy atom. The summed E-state index contributed by atoms with van der Waals surface area (Å²) in [6.07, 6.45) is 0. The van der Waals surface area contributed by atoms with Crippen molar-refractivity contribution in [3.8, 4) is 0 Å². The number of halogens is 1. The minimum absolute atomic E-state index is 0.0281. The van der Waals surface area contributed by atoms with Gasteiger partial charge in [-0.05, 0) is 44.5 Å². The van der Waals surface area contributed by atoms with E-state index in [-0.39, 0.29) is 18.4 Å². The molecule has 110 valence electrons. The molecule has 0 unspecified atom stereocenters. The van der Waals surface area contributed by atoms with Crippen LogP contribution in [0.25, 0.3) is 0 Å². The Morgan fingerprint density at radius 1 is 1.20 bits per heavy atom. The number of hydrogen-bond acceptors (Lipinski definition) is 2. The van der Waals surface area contributed by atoms with Crippen molar-refractivity contribution in [3.63, 3.8) is 0 Å².